The Bertz CT molecular complexity index is 292. The minimum absolute atomic E-state index is 0.0231. The first-order chi connectivity index (χ1) is 10.1. The molecule has 0 rings (SSSR count). The zero-order valence-electron chi connectivity index (χ0n) is 13.5. The van der Waals surface area contributed by atoms with Crippen LogP contribution in [0, 0.1) is 5.92 Å². The number of hydrogen-bond donors (Lipinski definition) is 1. The molecule has 0 unspecified atom stereocenters. The lowest BCUT2D eigenvalue weighted by molar-refractivity contribution is -0.144. The van der Waals surface area contributed by atoms with E-state index in [0.29, 0.717) is 26.3 Å². The van der Waals surface area contributed by atoms with Crippen molar-refractivity contribution in [2.45, 2.75) is 40.0 Å². The van der Waals surface area contributed by atoms with Crippen LogP contribution < -0.4 is 0 Å². The van der Waals surface area contributed by atoms with Gasteiger partial charge >= 0.3 is 5.97 Å². The Hall–Kier alpha value is -1.14. The summed E-state index contributed by atoms with van der Waals surface area (Å²) in [5, 5.41) is 8.67. The second-order valence-electron chi connectivity index (χ2n) is 4.73. The molecule has 124 valence electrons. The Morgan fingerprint density at radius 2 is 1.76 bits per heavy atom. The summed E-state index contributed by atoms with van der Waals surface area (Å²) in [6.45, 7) is 7.41. The number of rotatable bonds is 12. The SMILES string of the molecule is CCOC(=O)CCN(CCOCCO)C(=O)C(CC)CC. The molecule has 6 heteroatoms. The first-order valence-corrected chi connectivity index (χ1v) is 7.73. The van der Waals surface area contributed by atoms with Gasteiger partial charge in [0.15, 0.2) is 0 Å². The van der Waals surface area contributed by atoms with Crippen LogP contribution in [0.4, 0.5) is 0 Å². The van der Waals surface area contributed by atoms with Crippen LogP contribution in [-0.4, -0.2) is 61.4 Å². The third-order valence-corrected chi connectivity index (χ3v) is 3.28. The number of carbonyl (C=O) groups is 2. The van der Waals surface area contributed by atoms with Crippen molar-refractivity contribution in [2.24, 2.45) is 5.92 Å². The number of aliphatic hydroxyl groups is 1. The molecule has 0 aromatic heterocycles. The van der Waals surface area contributed by atoms with Crippen molar-refractivity contribution in [3.63, 3.8) is 0 Å². The van der Waals surface area contributed by atoms with E-state index in [1.165, 1.54) is 0 Å². The summed E-state index contributed by atoms with van der Waals surface area (Å²) in [6.07, 6.45) is 1.76. The summed E-state index contributed by atoms with van der Waals surface area (Å²) in [7, 11) is 0. The van der Waals surface area contributed by atoms with Crippen molar-refractivity contribution in [2.75, 3.05) is 39.5 Å². The fraction of sp³-hybridized carbons (Fsp3) is 0.867. The van der Waals surface area contributed by atoms with Gasteiger partial charge in [0.1, 0.15) is 0 Å². The van der Waals surface area contributed by atoms with Crippen molar-refractivity contribution in [3.8, 4) is 0 Å². The van der Waals surface area contributed by atoms with E-state index in [-0.39, 0.29) is 37.4 Å². The quantitative estimate of drug-likeness (QED) is 0.433. The van der Waals surface area contributed by atoms with Crippen molar-refractivity contribution >= 4 is 11.9 Å². The maximum Gasteiger partial charge on any atom is 0.307 e. The predicted molar refractivity (Wildman–Crippen MR) is 79.8 cm³/mol. The van der Waals surface area contributed by atoms with Gasteiger partial charge in [0, 0.05) is 19.0 Å². The molecular formula is C15H29NO5. The van der Waals surface area contributed by atoms with E-state index in [1.807, 2.05) is 13.8 Å². The van der Waals surface area contributed by atoms with E-state index in [1.54, 1.807) is 11.8 Å². The maximum atomic E-state index is 12.4. The first-order valence-electron chi connectivity index (χ1n) is 7.73. The lowest BCUT2D eigenvalue weighted by Gasteiger charge is -2.26. The molecule has 0 aliphatic heterocycles. The molecule has 6 nitrogen and oxygen atoms in total. The molecule has 0 aliphatic rings. The van der Waals surface area contributed by atoms with Gasteiger partial charge in [-0.2, -0.15) is 0 Å². The number of amides is 1. The number of carbonyl (C=O) groups excluding carboxylic acids is 2. The number of nitrogens with zero attached hydrogens (tertiary/aromatic N) is 1. The van der Waals surface area contributed by atoms with Crippen LogP contribution in [0.3, 0.4) is 0 Å². The third-order valence-electron chi connectivity index (χ3n) is 3.28. The Morgan fingerprint density at radius 1 is 1.10 bits per heavy atom. The van der Waals surface area contributed by atoms with Gasteiger partial charge in [-0.05, 0) is 19.8 Å². The number of hydrogen-bond acceptors (Lipinski definition) is 5. The molecule has 0 radical (unpaired) electrons. The third kappa shape index (κ3) is 8.67. The normalized spacial score (nSPS) is 10.7. The molecule has 0 saturated heterocycles. The topological polar surface area (TPSA) is 76.1 Å². The second kappa shape index (κ2) is 12.6. The second-order valence-corrected chi connectivity index (χ2v) is 4.73. The Labute approximate surface area is 127 Å². The molecule has 21 heavy (non-hydrogen) atoms. The summed E-state index contributed by atoms with van der Waals surface area (Å²) < 4.78 is 10.1. The molecule has 0 aliphatic carbocycles. The fourth-order valence-corrected chi connectivity index (χ4v) is 2.03. The molecule has 0 aromatic carbocycles. The van der Waals surface area contributed by atoms with Crippen LogP contribution in [0.5, 0.6) is 0 Å². The zero-order chi connectivity index (χ0) is 16.1. The molecule has 0 bridgehead atoms. The van der Waals surface area contributed by atoms with Gasteiger partial charge in [0.25, 0.3) is 0 Å². The molecule has 0 spiro atoms. The highest BCUT2D eigenvalue weighted by molar-refractivity contribution is 5.79. The van der Waals surface area contributed by atoms with Gasteiger partial charge in [-0.1, -0.05) is 13.8 Å². The largest absolute Gasteiger partial charge is 0.466 e. The summed E-state index contributed by atoms with van der Waals surface area (Å²) in [5.41, 5.74) is 0. The highest BCUT2D eigenvalue weighted by Crippen LogP contribution is 2.12. The standard InChI is InChI=1S/C15H29NO5/c1-4-13(5-2)15(19)16(9-11-20-12-10-17)8-7-14(18)21-6-3/h13,17H,4-12H2,1-3H3. The molecular weight excluding hydrogens is 274 g/mol. The smallest absolute Gasteiger partial charge is 0.307 e. The minimum atomic E-state index is -0.295. The van der Waals surface area contributed by atoms with E-state index in [9.17, 15) is 9.59 Å². The van der Waals surface area contributed by atoms with Gasteiger partial charge in [0.05, 0.1) is 32.8 Å². The number of ether oxygens (including phenoxy) is 2. The molecule has 0 heterocycles. The Kier molecular flexibility index (Phi) is 11.9. The van der Waals surface area contributed by atoms with Crippen molar-refractivity contribution in [1.82, 2.24) is 4.90 Å². The van der Waals surface area contributed by atoms with Crippen molar-refractivity contribution < 1.29 is 24.2 Å². The lowest BCUT2D eigenvalue weighted by Crippen LogP contribution is -2.39. The average Bonchev–Trinajstić information content (AvgIpc) is 2.48. The lowest BCUT2D eigenvalue weighted by atomic mass is 10.0. The van der Waals surface area contributed by atoms with Crippen molar-refractivity contribution in [1.29, 1.82) is 0 Å². The molecule has 0 fully saturated rings. The van der Waals surface area contributed by atoms with Crippen LogP contribution >= 0.6 is 0 Å². The van der Waals surface area contributed by atoms with Gasteiger partial charge < -0.3 is 19.5 Å². The van der Waals surface area contributed by atoms with E-state index in [2.05, 4.69) is 0 Å². The predicted octanol–water partition coefficient (Wildman–Crippen LogP) is 1.21. The monoisotopic (exact) mass is 303 g/mol. The van der Waals surface area contributed by atoms with E-state index in [0.717, 1.165) is 12.8 Å². The average molecular weight is 303 g/mol. The first kappa shape index (κ1) is 19.9. The van der Waals surface area contributed by atoms with Crippen LogP contribution in [0.25, 0.3) is 0 Å². The molecule has 1 N–H and O–H groups in total. The maximum absolute atomic E-state index is 12.4. The van der Waals surface area contributed by atoms with E-state index >= 15 is 0 Å². The van der Waals surface area contributed by atoms with Gasteiger partial charge in [0.2, 0.25) is 5.91 Å². The van der Waals surface area contributed by atoms with E-state index < -0.39 is 0 Å². The summed E-state index contributed by atoms with van der Waals surface area (Å²) in [4.78, 5) is 25.5. The molecule has 0 saturated carbocycles. The molecule has 1 amide bonds. The van der Waals surface area contributed by atoms with Crippen LogP contribution in [0.2, 0.25) is 0 Å². The van der Waals surface area contributed by atoms with Crippen LogP contribution in [-0.2, 0) is 19.1 Å². The highest BCUT2D eigenvalue weighted by atomic mass is 16.5. The van der Waals surface area contributed by atoms with Gasteiger partial charge in [-0.25, -0.2) is 0 Å². The van der Waals surface area contributed by atoms with Crippen LogP contribution in [0.1, 0.15) is 40.0 Å². The Morgan fingerprint density at radius 3 is 2.29 bits per heavy atom. The minimum Gasteiger partial charge on any atom is -0.466 e. The van der Waals surface area contributed by atoms with Gasteiger partial charge in [-0.15, -0.1) is 0 Å². The summed E-state index contributed by atoms with van der Waals surface area (Å²) in [5.74, 6) is -0.266. The Balaban J connectivity index is 4.45. The fourth-order valence-electron chi connectivity index (χ4n) is 2.03. The summed E-state index contributed by atoms with van der Waals surface area (Å²) >= 11 is 0. The van der Waals surface area contributed by atoms with Crippen molar-refractivity contribution in [3.05, 3.63) is 0 Å². The zero-order valence-corrected chi connectivity index (χ0v) is 13.5. The number of aliphatic hydroxyl groups excluding tert-OH is 1. The molecule has 0 aromatic rings. The van der Waals surface area contributed by atoms with Gasteiger partial charge in [-0.3, -0.25) is 9.59 Å². The van der Waals surface area contributed by atoms with Crippen LogP contribution in [0.15, 0.2) is 0 Å². The molecule has 0 atom stereocenters. The van der Waals surface area contributed by atoms with E-state index in [4.69, 9.17) is 14.6 Å². The number of esters is 1. The summed E-state index contributed by atoms with van der Waals surface area (Å²) in [6, 6.07) is 0. The highest BCUT2D eigenvalue weighted by Gasteiger charge is 2.22.